The molecule has 1 aromatic carbocycles. The van der Waals surface area contributed by atoms with Crippen LogP contribution >= 0.6 is 11.3 Å². The van der Waals surface area contributed by atoms with Gasteiger partial charge in [0, 0.05) is 28.4 Å². The van der Waals surface area contributed by atoms with E-state index in [1.807, 2.05) is 11.4 Å². The van der Waals surface area contributed by atoms with Crippen molar-refractivity contribution >= 4 is 23.3 Å². The zero-order valence-electron chi connectivity index (χ0n) is 7.31. The van der Waals surface area contributed by atoms with Crippen LogP contribution in [0.25, 0.3) is 10.6 Å². The molecule has 0 unspecified atom stereocenters. The third-order valence-corrected chi connectivity index (χ3v) is 2.62. The highest BCUT2D eigenvalue weighted by atomic mass is 32.1. The number of nitrogen functional groups attached to an aromatic ring is 1. The SMILES string of the molecule is Nc1cc(C=O)cc(-c2nccs2)c1. The number of carbonyl (C=O) groups is 1. The first-order valence-electron chi connectivity index (χ1n) is 4.05. The number of aromatic nitrogens is 1. The molecule has 14 heavy (non-hydrogen) atoms. The normalized spacial score (nSPS) is 10.0. The van der Waals surface area contributed by atoms with E-state index in [1.165, 1.54) is 11.3 Å². The number of carbonyl (C=O) groups excluding carboxylic acids is 1. The van der Waals surface area contributed by atoms with Crippen LogP contribution in [0.2, 0.25) is 0 Å². The molecule has 0 atom stereocenters. The maximum atomic E-state index is 10.6. The quantitative estimate of drug-likeness (QED) is 0.602. The molecule has 1 aromatic heterocycles. The molecule has 0 fully saturated rings. The van der Waals surface area contributed by atoms with Crippen LogP contribution < -0.4 is 5.73 Å². The number of rotatable bonds is 2. The molecule has 0 aliphatic heterocycles. The summed E-state index contributed by atoms with van der Waals surface area (Å²) in [4.78, 5) is 14.8. The number of aldehydes is 1. The Balaban J connectivity index is 2.54. The molecule has 70 valence electrons. The van der Waals surface area contributed by atoms with Gasteiger partial charge in [0.25, 0.3) is 0 Å². The standard InChI is InChI=1S/C10H8N2OS/c11-9-4-7(6-13)3-8(5-9)10-12-1-2-14-10/h1-6H,11H2. The summed E-state index contributed by atoms with van der Waals surface area (Å²) in [5.41, 5.74) is 7.71. The topological polar surface area (TPSA) is 56.0 Å². The Labute approximate surface area is 85.2 Å². The average molecular weight is 204 g/mol. The van der Waals surface area contributed by atoms with Crippen LogP contribution in [-0.4, -0.2) is 11.3 Å². The van der Waals surface area contributed by atoms with E-state index in [2.05, 4.69) is 4.98 Å². The second-order valence-corrected chi connectivity index (χ2v) is 3.74. The lowest BCUT2D eigenvalue weighted by atomic mass is 10.1. The fourth-order valence-corrected chi connectivity index (χ4v) is 1.86. The summed E-state index contributed by atoms with van der Waals surface area (Å²) in [7, 11) is 0. The van der Waals surface area contributed by atoms with Crippen molar-refractivity contribution in [1.29, 1.82) is 0 Å². The molecule has 3 nitrogen and oxygen atoms in total. The third-order valence-electron chi connectivity index (χ3n) is 1.79. The van der Waals surface area contributed by atoms with Gasteiger partial charge in [0.1, 0.15) is 11.3 Å². The van der Waals surface area contributed by atoms with Crippen LogP contribution in [0.1, 0.15) is 10.4 Å². The predicted molar refractivity (Wildman–Crippen MR) is 57.3 cm³/mol. The van der Waals surface area contributed by atoms with Gasteiger partial charge in [-0.25, -0.2) is 4.98 Å². The number of benzene rings is 1. The van der Waals surface area contributed by atoms with Gasteiger partial charge in [-0.05, 0) is 18.2 Å². The van der Waals surface area contributed by atoms with Gasteiger partial charge in [-0.15, -0.1) is 11.3 Å². The smallest absolute Gasteiger partial charge is 0.150 e. The molecule has 2 N–H and O–H groups in total. The van der Waals surface area contributed by atoms with Gasteiger partial charge in [-0.3, -0.25) is 4.79 Å². The van der Waals surface area contributed by atoms with Crippen LogP contribution in [-0.2, 0) is 0 Å². The number of nitrogens with two attached hydrogens (primary N) is 1. The molecule has 0 aliphatic carbocycles. The van der Waals surface area contributed by atoms with Crippen molar-refractivity contribution in [2.45, 2.75) is 0 Å². The molecule has 0 saturated carbocycles. The number of hydrogen-bond acceptors (Lipinski definition) is 4. The fourth-order valence-electron chi connectivity index (χ4n) is 1.23. The van der Waals surface area contributed by atoms with E-state index in [4.69, 9.17) is 5.73 Å². The minimum absolute atomic E-state index is 0.579. The van der Waals surface area contributed by atoms with Crippen LogP contribution in [0.4, 0.5) is 5.69 Å². The van der Waals surface area contributed by atoms with Gasteiger partial charge in [0.05, 0.1) is 0 Å². The Morgan fingerprint density at radius 1 is 1.36 bits per heavy atom. The highest BCUT2D eigenvalue weighted by Gasteiger charge is 2.02. The van der Waals surface area contributed by atoms with E-state index in [0.717, 1.165) is 16.9 Å². The maximum Gasteiger partial charge on any atom is 0.150 e. The molecule has 2 aromatic rings. The summed E-state index contributed by atoms with van der Waals surface area (Å²) in [5.74, 6) is 0. The Bertz CT molecular complexity index is 451. The monoisotopic (exact) mass is 204 g/mol. The van der Waals surface area contributed by atoms with E-state index >= 15 is 0 Å². The maximum absolute atomic E-state index is 10.6. The fraction of sp³-hybridized carbons (Fsp3) is 0. The minimum Gasteiger partial charge on any atom is -0.399 e. The summed E-state index contributed by atoms with van der Waals surface area (Å²) in [6.45, 7) is 0. The summed E-state index contributed by atoms with van der Waals surface area (Å²) >= 11 is 1.52. The van der Waals surface area contributed by atoms with E-state index in [-0.39, 0.29) is 0 Å². The Morgan fingerprint density at radius 3 is 2.86 bits per heavy atom. The van der Waals surface area contributed by atoms with Crippen molar-refractivity contribution in [3.05, 3.63) is 35.3 Å². The van der Waals surface area contributed by atoms with Crippen molar-refractivity contribution in [2.75, 3.05) is 5.73 Å². The minimum atomic E-state index is 0.579. The van der Waals surface area contributed by atoms with Gasteiger partial charge >= 0.3 is 0 Å². The first kappa shape index (κ1) is 8.90. The van der Waals surface area contributed by atoms with E-state index < -0.39 is 0 Å². The molecule has 4 heteroatoms. The van der Waals surface area contributed by atoms with Crippen molar-refractivity contribution in [1.82, 2.24) is 4.98 Å². The lowest BCUT2D eigenvalue weighted by molar-refractivity contribution is 0.112. The summed E-state index contributed by atoms with van der Waals surface area (Å²) in [5, 5.41) is 2.76. The molecular formula is C10H8N2OS. The second-order valence-electron chi connectivity index (χ2n) is 2.84. The Hall–Kier alpha value is -1.68. The van der Waals surface area contributed by atoms with Gasteiger partial charge in [0.2, 0.25) is 0 Å². The van der Waals surface area contributed by atoms with Crippen molar-refractivity contribution in [3.8, 4) is 10.6 Å². The summed E-state index contributed by atoms with van der Waals surface area (Å²) in [6.07, 6.45) is 2.51. The van der Waals surface area contributed by atoms with Crippen LogP contribution in [0.15, 0.2) is 29.8 Å². The molecule has 2 rings (SSSR count). The summed E-state index contributed by atoms with van der Waals surface area (Å²) < 4.78 is 0. The number of anilines is 1. The van der Waals surface area contributed by atoms with Gasteiger partial charge in [0.15, 0.2) is 0 Å². The van der Waals surface area contributed by atoms with Crippen molar-refractivity contribution < 1.29 is 4.79 Å². The number of hydrogen-bond donors (Lipinski definition) is 1. The molecule has 0 saturated heterocycles. The van der Waals surface area contributed by atoms with E-state index in [1.54, 1.807) is 18.3 Å². The van der Waals surface area contributed by atoms with Crippen LogP contribution in [0.5, 0.6) is 0 Å². The molecule has 0 aliphatic rings. The van der Waals surface area contributed by atoms with Gasteiger partial charge in [-0.2, -0.15) is 0 Å². The lowest BCUT2D eigenvalue weighted by Gasteiger charge is -2.00. The first-order chi connectivity index (χ1) is 6.79. The highest BCUT2D eigenvalue weighted by Crippen LogP contribution is 2.24. The van der Waals surface area contributed by atoms with Crippen LogP contribution in [0.3, 0.4) is 0 Å². The lowest BCUT2D eigenvalue weighted by Crippen LogP contribution is -1.89. The largest absolute Gasteiger partial charge is 0.399 e. The zero-order valence-corrected chi connectivity index (χ0v) is 8.12. The highest BCUT2D eigenvalue weighted by molar-refractivity contribution is 7.13. The van der Waals surface area contributed by atoms with Crippen molar-refractivity contribution in [3.63, 3.8) is 0 Å². The summed E-state index contributed by atoms with van der Waals surface area (Å²) in [6, 6.07) is 5.23. The van der Waals surface area contributed by atoms with Crippen LogP contribution in [0, 0.1) is 0 Å². The number of thiazole rings is 1. The van der Waals surface area contributed by atoms with Crippen molar-refractivity contribution in [2.24, 2.45) is 0 Å². The van der Waals surface area contributed by atoms with Gasteiger partial charge in [-0.1, -0.05) is 0 Å². The molecule has 1 heterocycles. The molecule has 0 radical (unpaired) electrons. The molecule has 0 spiro atoms. The third kappa shape index (κ3) is 1.65. The molecule has 0 bridgehead atoms. The average Bonchev–Trinajstić information content (AvgIpc) is 2.69. The predicted octanol–water partition coefficient (Wildman–Crippen LogP) is 2.20. The Kier molecular flexibility index (Phi) is 2.28. The Morgan fingerprint density at radius 2 is 2.21 bits per heavy atom. The zero-order chi connectivity index (χ0) is 9.97. The number of nitrogens with zero attached hydrogens (tertiary/aromatic N) is 1. The first-order valence-corrected chi connectivity index (χ1v) is 4.93. The van der Waals surface area contributed by atoms with E-state index in [9.17, 15) is 4.79 Å². The molecule has 0 amide bonds. The van der Waals surface area contributed by atoms with E-state index in [0.29, 0.717) is 11.3 Å². The van der Waals surface area contributed by atoms with Gasteiger partial charge < -0.3 is 5.73 Å². The second kappa shape index (κ2) is 3.59. The molecular weight excluding hydrogens is 196 g/mol.